The van der Waals surface area contributed by atoms with E-state index in [9.17, 15) is 25.3 Å². The van der Waals surface area contributed by atoms with Gasteiger partial charge in [0, 0.05) is 12.0 Å². The van der Waals surface area contributed by atoms with Crippen molar-refractivity contribution in [3.05, 3.63) is 50.6 Å². The van der Waals surface area contributed by atoms with Gasteiger partial charge in [0.15, 0.2) is 19.7 Å². The maximum Gasteiger partial charge on any atom is 0.157 e. The highest BCUT2D eigenvalue weighted by molar-refractivity contribution is 7.92. The molecular formula is C15H28O6S3. The number of sulfone groups is 3. The Bertz CT molecular complexity index is 605. The molecule has 0 amide bonds. The van der Waals surface area contributed by atoms with Crippen LogP contribution < -0.4 is 0 Å². The van der Waals surface area contributed by atoms with Crippen LogP contribution in [-0.2, 0) is 29.5 Å². The molecule has 0 N–H and O–H groups in total. The Morgan fingerprint density at radius 3 is 0.875 bits per heavy atom. The van der Waals surface area contributed by atoms with Crippen molar-refractivity contribution in [3.63, 3.8) is 0 Å². The normalized spacial score (nSPS) is 10.9. The van der Waals surface area contributed by atoms with Gasteiger partial charge >= 0.3 is 0 Å². The third-order valence-corrected chi connectivity index (χ3v) is 6.03. The number of hydrogen-bond acceptors (Lipinski definition) is 6. The molecule has 0 bridgehead atoms. The summed E-state index contributed by atoms with van der Waals surface area (Å²) in [5.74, 6) is 0.406. The molecule has 0 aliphatic carbocycles. The van der Waals surface area contributed by atoms with E-state index in [0.717, 1.165) is 0 Å². The fourth-order valence-electron chi connectivity index (χ4n) is 0.854. The lowest BCUT2D eigenvalue weighted by Gasteiger charge is -1.92. The third-order valence-electron chi connectivity index (χ3n) is 2.01. The molecule has 0 aliphatic rings. The lowest BCUT2D eigenvalue weighted by molar-refractivity contribution is 0.600. The zero-order chi connectivity index (χ0) is 19.9. The molecule has 0 heterocycles. The Balaban J connectivity index is -0.000000282. The second-order valence-electron chi connectivity index (χ2n) is 4.52. The van der Waals surface area contributed by atoms with Crippen LogP contribution in [0.5, 0.6) is 0 Å². The van der Waals surface area contributed by atoms with E-state index in [-0.39, 0.29) is 28.8 Å². The lowest BCUT2D eigenvalue weighted by Crippen LogP contribution is -2.06. The zero-order valence-corrected chi connectivity index (χ0v) is 16.8. The summed E-state index contributed by atoms with van der Waals surface area (Å²) in [7, 11) is -8.50. The molecule has 0 spiro atoms. The van der Waals surface area contributed by atoms with Crippen LogP contribution in [0.25, 0.3) is 0 Å². The highest BCUT2D eigenvalue weighted by atomic mass is 32.2. The first-order chi connectivity index (χ1) is 10.8. The summed E-state index contributed by atoms with van der Waals surface area (Å²) in [6.07, 6.45) is 6.71. The smallest absolute Gasteiger partial charge is 0.157 e. The van der Waals surface area contributed by atoms with E-state index in [2.05, 4.69) is 26.3 Å². The summed E-state index contributed by atoms with van der Waals surface area (Å²) >= 11 is 0. The van der Waals surface area contributed by atoms with E-state index in [4.69, 9.17) is 0 Å². The van der Waals surface area contributed by atoms with Crippen molar-refractivity contribution in [1.82, 2.24) is 0 Å². The highest BCUT2D eigenvalue weighted by Gasteiger charge is 2.03. The molecule has 24 heavy (non-hydrogen) atoms. The molecule has 0 saturated carbocycles. The van der Waals surface area contributed by atoms with Crippen molar-refractivity contribution in [1.29, 1.82) is 0 Å². The Labute approximate surface area is 147 Å². The van der Waals surface area contributed by atoms with Crippen molar-refractivity contribution in [3.8, 4) is 0 Å². The van der Waals surface area contributed by atoms with Crippen molar-refractivity contribution < 1.29 is 25.3 Å². The van der Waals surface area contributed by atoms with Gasteiger partial charge < -0.3 is 0 Å². The standard InChI is InChI=1S/2C6H10O2S.C3H8O2S/c2*1-3-5-9(7,8)6-4-2;1-3-6(2,4)5/h2*3-4H,1-2,5-6H2;3H2,1-2H3. The second kappa shape index (κ2) is 14.2. The monoisotopic (exact) mass is 400 g/mol. The summed E-state index contributed by atoms with van der Waals surface area (Å²) in [5.41, 5.74) is 0. The quantitative estimate of drug-likeness (QED) is 0.545. The van der Waals surface area contributed by atoms with Crippen LogP contribution >= 0.6 is 0 Å². The van der Waals surface area contributed by atoms with Gasteiger partial charge in [-0.15, -0.1) is 26.3 Å². The van der Waals surface area contributed by atoms with E-state index < -0.39 is 29.5 Å². The summed E-state index contributed by atoms with van der Waals surface area (Å²) in [4.78, 5) is 0. The molecule has 0 saturated heterocycles. The summed E-state index contributed by atoms with van der Waals surface area (Å²) in [6, 6.07) is 0. The van der Waals surface area contributed by atoms with Gasteiger partial charge in [0.1, 0.15) is 9.84 Å². The lowest BCUT2D eigenvalue weighted by atomic mass is 10.8. The van der Waals surface area contributed by atoms with Crippen LogP contribution in [0.15, 0.2) is 50.6 Å². The first kappa shape index (κ1) is 27.6. The van der Waals surface area contributed by atoms with Gasteiger partial charge in [-0.05, 0) is 0 Å². The predicted molar refractivity (Wildman–Crippen MR) is 103 cm³/mol. The molecule has 9 heteroatoms. The van der Waals surface area contributed by atoms with E-state index in [1.54, 1.807) is 6.92 Å². The van der Waals surface area contributed by atoms with E-state index in [1.807, 2.05) is 0 Å². The number of rotatable bonds is 9. The molecule has 0 rings (SSSR count). The summed E-state index contributed by atoms with van der Waals surface area (Å²) in [6.45, 7) is 14.9. The van der Waals surface area contributed by atoms with Crippen LogP contribution in [0.4, 0.5) is 0 Å². The molecule has 142 valence electrons. The first-order valence-electron chi connectivity index (χ1n) is 6.82. The molecule has 0 aromatic carbocycles. The Kier molecular flexibility index (Phi) is 16.3. The van der Waals surface area contributed by atoms with Crippen LogP contribution in [0, 0.1) is 0 Å². The Hall–Kier alpha value is -1.19. The number of hydrogen-bond donors (Lipinski definition) is 0. The third kappa shape index (κ3) is 25.7. The summed E-state index contributed by atoms with van der Waals surface area (Å²) in [5, 5.41) is 0. The van der Waals surface area contributed by atoms with Crippen molar-refractivity contribution in [2.24, 2.45) is 0 Å². The average Bonchev–Trinajstić information content (AvgIpc) is 2.38. The summed E-state index contributed by atoms with van der Waals surface area (Å²) < 4.78 is 62.8. The van der Waals surface area contributed by atoms with Gasteiger partial charge in [0.05, 0.1) is 23.0 Å². The largest absolute Gasteiger partial charge is 0.229 e. The molecule has 0 fully saturated rings. The zero-order valence-electron chi connectivity index (χ0n) is 14.3. The maximum absolute atomic E-state index is 10.7. The maximum atomic E-state index is 10.7. The molecule has 0 atom stereocenters. The van der Waals surface area contributed by atoms with Crippen LogP contribution in [0.2, 0.25) is 0 Å². The van der Waals surface area contributed by atoms with Crippen LogP contribution in [0.1, 0.15) is 6.92 Å². The van der Waals surface area contributed by atoms with E-state index >= 15 is 0 Å². The van der Waals surface area contributed by atoms with Gasteiger partial charge in [0.25, 0.3) is 0 Å². The van der Waals surface area contributed by atoms with Crippen LogP contribution in [0.3, 0.4) is 0 Å². The van der Waals surface area contributed by atoms with Crippen molar-refractivity contribution >= 4 is 29.5 Å². The predicted octanol–water partition coefficient (Wildman–Crippen LogP) is 1.60. The molecule has 0 aliphatic heterocycles. The van der Waals surface area contributed by atoms with Gasteiger partial charge in [-0.1, -0.05) is 31.2 Å². The minimum absolute atomic E-state index is 0.0407. The molecule has 0 unspecified atom stereocenters. The molecule has 0 aromatic rings. The van der Waals surface area contributed by atoms with Gasteiger partial charge in [-0.2, -0.15) is 0 Å². The molecule has 6 nitrogen and oxygen atoms in total. The van der Waals surface area contributed by atoms with Crippen molar-refractivity contribution in [2.45, 2.75) is 6.92 Å². The molecule has 0 aromatic heterocycles. The molecular weight excluding hydrogens is 372 g/mol. The minimum Gasteiger partial charge on any atom is -0.229 e. The van der Waals surface area contributed by atoms with Gasteiger partial charge in [-0.3, -0.25) is 0 Å². The average molecular weight is 401 g/mol. The topological polar surface area (TPSA) is 102 Å². The Morgan fingerprint density at radius 1 is 0.625 bits per heavy atom. The van der Waals surface area contributed by atoms with E-state index in [1.165, 1.54) is 30.6 Å². The van der Waals surface area contributed by atoms with Crippen molar-refractivity contribution in [2.75, 3.05) is 35.0 Å². The molecule has 0 radical (unpaired) electrons. The first-order valence-corrected chi connectivity index (χ1v) is 12.5. The Morgan fingerprint density at radius 2 is 0.792 bits per heavy atom. The highest BCUT2D eigenvalue weighted by Crippen LogP contribution is 1.90. The van der Waals surface area contributed by atoms with Crippen LogP contribution in [-0.4, -0.2) is 60.3 Å². The fraction of sp³-hybridized carbons (Fsp3) is 0.467. The van der Waals surface area contributed by atoms with E-state index in [0.29, 0.717) is 0 Å². The SMILES string of the molecule is C=CCS(=O)(=O)CC=C.C=CCS(=O)(=O)CC=C.CCS(C)(=O)=O. The fourth-order valence-corrected chi connectivity index (χ4v) is 2.56. The van der Waals surface area contributed by atoms with Gasteiger partial charge in [-0.25, -0.2) is 25.3 Å². The van der Waals surface area contributed by atoms with Gasteiger partial charge in [0.2, 0.25) is 0 Å². The second-order valence-corrected chi connectivity index (χ2v) is 11.3. The minimum atomic E-state index is -2.92.